The summed E-state index contributed by atoms with van der Waals surface area (Å²) in [5, 5.41) is 0. The third-order valence-corrected chi connectivity index (χ3v) is 6.18. The summed E-state index contributed by atoms with van der Waals surface area (Å²) in [6.45, 7) is 3.20. The molecule has 2 aromatic rings. The van der Waals surface area contributed by atoms with Crippen molar-refractivity contribution in [2.45, 2.75) is 30.8 Å². The lowest BCUT2D eigenvalue weighted by Gasteiger charge is -2.31. The Balaban J connectivity index is 1.90. The molecule has 1 aliphatic rings. The largest absolute Gasteiger partial charge is 0.416 e. The third kappa shape index (κ3) is 4.90. The molecule has 29 heavy (non-hydrogen) atoms. The average Bonchev–Trinajstić information content (AvgIpc) is 2.67. The lowest BCUT2D eigenvalue weighted by molar-refractivity contribution is -0.137. The van der Waals surface area contributed by atoms with Gasteiger partial charge < -0.3 is 4.90 Å². The SMILES string of the molecule is C[C@H]1CCCN(C(=O)c2ccccc2NS(=O)(=O)c2cccc(C(F)(F)F)c2)C1. The molecule has 3 rings (SSSR count). The maximum Gasteiger partial charge on any atom is 0.416 e. The summed E-state index contributed by atoms with van der Waals surface area (Å²) in [4.78, 5) is 14.1. The molecule has 1 amide bonds. The fourth-order valence-corrected chi connectivity index (χ4v) is 4.47. The van der Waals surface area contributed by atoms with Crippen LogP contribution in [-0.2, 0) is 16.2 Å². The first-order valence-corrected chi connectivity index (χ1v) is 10.6. The standard InChI is InChI=1S/C20H21F3N2O3S/c1-14-6-5-11-25(13-14)19(26)17-9-2-3-10-18(17)24-29(27,28)16-8-4-7-15(12-16)20(21,22)23/h2-4,7-10,12,14,24H,5-6,11,13H2,1H3/t14-/m0/s1. The maximum absolute atomic E-state index is 12.9. The van der Waals surface area contributed by atoms with E-state index in [0.717, 1.165) is 31.0 Å². The van der Waals surface area contributed by atoms with E-state index in [9.17, 15) is 26.4 Å². The molecule has 0 aromatic heterocycles. The Morgan fingerprint density at radius 3 is 2.55 bits per heavy atom. The number of amides is 1. The monoisotopic (exact) mass is 426 g/mol. The van der Waals surface area contributed by atoms with E-state index in [1.54, 1.807) is 17.0 Å². The molecular weight excluding hydrogens is 405 g/mol. The number of hydrogen-bond donors (Lipinski definition) is 1. The van der Waals surface area contributed by atoms with Crippen LogP contribution in [0.2, 0.25) is 0 Å². The summed E-state index contributed by atoms with van der Waals surface area (Å²) >= 11 is 0. The minimum Gasteiger partial charge on any atom is -0.338 e. The van der Waals surface area contributed by atoms with E-state index < -0.39 is 26.7 Å². The second kappa shape index (κ2) is 8.06. The maximum atomic E-state index is 12.9. The van der Waals surface area contributed by atoms with Gasteiger partial charge in [-0.05, 0) is 49.1 Å². The number of alkyl halides is 3. The van der Waals surface area contributed by atoms with Crippen molar-refractivity contribution < 1.29 is 26.4 Å². The molecule has 1 atom stereocenters. The van der Waals surface area contributed by atoms with Crippen LogP contribution in [0.15, 0.2) is 53.4 Å². The molecule has 156 valence electrons. The van der Waals surface area contributed by atoms with Crippen molar-refractivity contribution in [1.29, 1.82) is 0 Å². The molecule has 5 nitrogen and oxygen atoms in total. The number of rotatable bonds is 4. The van der Waals surface area contributed by atoms with Gasteiger partial charge in [0.1, 0.15) is 0 Å². The predicted molar refractivity (Wildman–Crippen MR) is 103 cm³/mol. The quantitative estimate of drug-likeness (QED) is 0.789. The van der Waals surface area contributed by atoms with Gasteiger partial charge in [0, 0.05) is 13.1 Å². The Bertz CT molecular complexity index is 1010. The number of piperidine rings is 1. The van der Waals surface area contributed by atoms with Crippen molar-refractivity contribution in [3.63, 3.8) is 0 Å². The van der Waals surface area contributed by atoms with Gasteiger partial charge in [-0.15, -0.1) is 0 Å². The first kappa shape index (κ1) is 21.2. The number of nitrogens with zero attached hydrogens (tertiary/aromatic N) is 1. The molecule has 1 saturated heterocycles. The molecule has 0 saturated carbocycles. The Morgan fingerprint density at radius 2 is 1.86 bits per heavy atom. The summed E-state index contributed by atoms with van der Waals surface area (Å²) in [7, 11) is -4.31. The molecule has 0 bridgehead atoms. The zero-order valence-electron chi connectivity index (χ0n) is 15.7. The first-order chi connectivity index (χ1) is 13.6. The first-order valence-electron chi connectivity index (χ1n) is 9.16. The van der Waals surface area contributed by atoms with E-state index in [1.165, 1.54) is 12.1 Å². The topological polar surface area (TPSA) is 66.5 Å². The fraction of sp³-hybridized carbons (Fsp3) is 0.350. The van der Waals surface area contributed by atoms with E-state index in [4.69, 9.17) is 0 Å². The minimum atomic E-state index is -4.66. The number of hydrogen-bond acceptors (Lipinski definition) is 3. The number of para-hydroxylation sites is 1. The van der Waals surface area contributed by atoms with Gasteiger partial charge in [-0.2, -0.15) is 13.2 Å². The van der Waals surface area contributed by atoms with Crippen molar-refractivity contribution in [1.82, 2.24) is 4.90 Å². The highest BCUT2D eigenvalue weighted by Gasteiger charge is 2.32. The van der Waals surface area contributed by atoms with E-state index in [0.29, 0.717) is 25.1 Å². The van der Waals surface area contributed by atoms with Crippen molar-refractivity contribution >= 4 is 21.6 Å². The summed E-state index contributed by atoms with van der Waals surface area (Å²) in [5.41, 5.74) is -0.864. The highest BCUT2D eigenvalue weighted by atomic mass is 32.2. The van der Waals surface area contributed by atoms with E-state index in [-0.39, 0.29) is 17.2 Å². The Morgan fingerprint density at radius 1 is 1.14 bits per heavy atom. The zero-order valence-corrected chi connectivity index (χ0v) is 16.6. The van der Waals surface area contributed by atoms with Crippen LogP contribution in [0.5, 0.6) is 0 Å². The highest BCUT2D eigenvalue weighted by Crippen LogP contribution is 2.31. The predicted octanol–water partition coefficient (Wildman–Crippen LogP) is 4.38. The second-order valence-electron chi connectivity index (χ2n) is 7.18. The van der Waals surface area contributed by atoms with E-state index >= 15 is 0 Å². The van der Waals surface area contributed by atoms with Crippen LogP contribution in [-0.4, -0.2) is 32.3 Å². The molecule has 0 aliphatic carbocycles. The van der Waals surface area contributed by atoms with Crippen LogP contribution in [0.25, 0.3) is 0 Å². The second-order valence-corrected chi connectivity index (χ2v) is 8.86. The van der Waals surface area contributed by atoms with Crippen LogP contribution in [0.1, 0.15) is 35.7 Å². The molecule has 9 heteroatoms. The van der Waals surface area contributed by atoms with Crippen LogP contribution < -0.4 is 4.72 Å². The summed E-state index contributed by atoms with van der Waals surface area (Å²) < 4.78 is 66.4. The van der Waals surface area contributed by atoms with Crippen LogP contribution in [0, 0.1) is 5.92 Å². The number of carbonyl (C=O) groups is 1. The third-order valence-electron chi connectivity index (χ3n) is 4.82. The molecule has 1 N–H and O–H groups in total. The summed E-state index contributed by atoms with van der Waals surface area (Å²) in [5.74, 6) is 0.0422. The van der Waals surface area contributed by atoms with Gasteiger partial charge in [0.05, 0.1) is 21.7 Å². The number of sulfonamides is 1. The van der Waals surface area contributed by atoms with Crippen LogP contribution in [0.4, 0.5) is 18.9 Å². The number of carbonyl (C=O) groups excluding carboxylic acids is 1. The van der Waals surface area contributed by atoms with Gasteiger partial charge in [-0.1, -0.05) is 25.1 Å². The fourth-order valence-electron chi connectivity index (χ4n) is 3.35. The van der Waals surface area contributed by atoms with Crippen molar-refractivity contribution in [2.24, 2.45) is 5.92 Å². The Hall–Kier alpha value is -2.55. The number of likely N-dealkylation sites (tertiary alicyclic amines) is 1. The highest BCUT2D eigenvalue weighted by molar-refractivity contribution is 7.92. The van der Waals surface area contributed by atoms with Crippen molar-refractivity contribution in [3.8, 4) is 0 Å². The molecule has 1 fully saturated rings. The molecule has 1 aliphatic heterocycles. The molecular formula is C20H21F3N2O3S. The summed E-state index contributed by atoms with van der Waals surface area (Å²) in [6, 6.07) is 9.57. The van der Waals surface area contributed by atoms with Gasteiger partial charge >= 0.3 is 6.18 Å². The molecule has 1 heterocycles. The lowest BCUT2D eigenvalue weighted by Crippen LogP contribution is -2.39. The molecule has 0 radical (unpaired) electrons. The van der Waals surface area contributed by atoms with Crippen LogP contribution >= 0.6 is 0 Å². The average molecular weight is 426 g/mol. The van der Waals surface area contributed by atoms with Crippen LogP contribution in [0.3, 0.4) is 0 Å². The smallest absolute Gasteiger partial charge is 0.338 e. The normalized spacial score (nSPS) is 17.8. The number of halogens is 3. The Kier molecular flexibility index (Phi) is 5.88. The van der Waals surface area contributed by atoms with Crippen molar-refractivity contribution in [2.75, 3.05) is 17.8 Å². The van der Waals surface area contributed by atoms with Crippen molar-refractivity contribution in [3.05, 3.63) is 59.7 Å². The lowest BCUT2D eigenvalue weighted by atomic mass is 9.99. The minimum absolute atomic E-state index is 0.0353. The van der Waals surface area contributed by atoms with E-state index in [2.05, 4.69) is 4.72 Å². The Labute approximate surface area is 167 Å². The molecule has 2 aromatic carbocycles. The number of benzene rings is 2. The summed E-state index contributed by atoms with van der Waals surface area (Å²) in [6.07, 6.45) is -2.77. The van der Waals surface area contributed by atoms with Gasteiger partial charge in [-0.3, -0.25) is 9.52 Å². The van der Waals surface area contributed by atoms with Gasteiger partial charge in [0.25, 0.3) is 15.9 Å². The van der Waals surface area contributed by atoms with Gasteiger partial charge in [-0.25, -0.2) is 8.42 Å². The number of anilines is 1. The van der Waals surface area contributed by atoms with Gasteiger partial charge in [0.15, 0.2) is 0 Å². The number of nitrogens with one attached hydrogen (secondary N) is 1. The van der Waals surface area contributed by atoms with Gasteiger partial charge in [0.2, 0.25) is 0 Å². The zero-order chi connectivity index (χ0) is 21.2. The molecule has 0 spiro atoms. The molecule has 0 unspecified atom stereocenters. The van der Waals surface area contributed by atoms with E-state index in [1.807, 2.05) is 6.92 Å².